The van der Waals surface area contributed by atoms with Gasteiger partial charge in [0.1, 0.15) is 5.82 Å². The summed E-state index contributed by atoms with van der Waals surface area (Å²) < 4.78 is 15.5. The predicted octanol–water partition coefficient (Wildman–Crippen LogP) is 3.24. The minimum Gasteiger partial charge on any atom is -0.381 e. The van der Waals surface area contributed by atoms with Gasteiger partial charge in [0.2, 0.25) is 0 Å². The molecule has 0 unspecified atom stereocenters. The van der Waals surface area contributed by atoms with Crippen molar-refractivity contribution in [2.45, 2.75) is 13.5 Å². The summed E-state index contributed by atoms with van der Waals surface area (Å²) in [7, 11) is 1.88. The molecular formula is C12H13BrFN3. The molecule has 0 saturated heterocycles. The van der Waals surface area contributed by atoms with Crippen molar-refractivity contribution in [3.8, 4) is 0 Å². The molecular weight excluding hydrogens is 285 g/mol. The zero-order valence-electron chi connectivity index (χ0n) is 9.67. The van der Waals surface area contributed by atoms with E-state index in [4.69, 9.17) is 0 Å². The van der Waals surface area contributed by atoms with Crippen LogP contribution in [0, 0.1) is 12.7 Å². The summed E-state index contributed by atoms with van der Waals surface area (Å²) >= 11 is 3.18. The third kappa shape index (κ3) is 2.85. The molecule has 1 aromatic carbocycles. The molecule has 0 aliphatic carbocycles. The average molecular weight is 298 g/mol. The maximum absolute atomic E-state index is 13.2. The van der Waals surface area contributed by atoms with Gasteiger partial charge >= 0.3 is 0 Å². The van der Waals surface area contributed by atoms with Gasteiger partial charge in [0.15, 0.2) is 0 Å². The normalized spacial score (nSPS) is 10.6. The number of hydrogen-bond donors (Lipinski definition) is 1. The van der Waals surface area contributed by atoms with Crippen LogP contribution in [0.4, 0.5) is 10.1 Å². The largest absolute Gasteiger partial charge is 0.381 e. The molecule has 17 heavy (non-hydrogen) atoms. The quantitative estimate of drug-likeness (QED) is 0.942. The van der Waals surface area contributed by atoms with Gasteiger partial charge in [-0.1, -0.05) is 0 Å². The Balaban J connectivity index is 2.11. The summed E-state index contributed by atoms with van der Waals surface area (Å²) in [5, 5.41) is 7.35. The molecule has 0 fully saturated rings. The highest BCUT2D eigenvalue weighted by atomic mass is 79.9. The fourth-order valence-electron chi connectivity index (χ4n) is 1.60. The van der Waals surface area contributed by atoms with Gasteiger partial charge in [-0.2, -0.15) is 5.10 Å². The number of benzene rings is 1. The van der Waals surface area contributed by atoms with E-state index < -0.39 is 0 Å². The highest BCUT2D eigenvalue weighted by Crippen LogP contribution is 2.24. The van der Waals surface area contributed by atoms with Crippen molar-refractivity contribution < 1.29 is 4.39 Å². The maximum atomic E-state index is 13.2. The van der Waals surface area contributed by atoms with Crippen molar-refractivity contribution in [1.82, 2.24) is 9.78 Å². The Labute approximate surface area is 108 Å². The number of hydrogen-bond acceptors (Lipinski definition) is 2. The fraction of sp³-hybridized carbons (Fsp3) is 0.250. The number of nitrogens with one attached hydrogen (secondary N) is 1. The number of aryl methyl sites for hydroxylation is 2. The van der Waals surface area contributed by atoms with E-state index in [1.54, 1.807) is 16.9 Å². The van der Waals surface area contributed by atoms with E-state index >= 15 is 0 Å². The first kappa shape index (κ1) is 12.1. The zero-order valence-corrected chi connectivity index (χ0v) is 11.3. The second-order valence-electron chi connectivity index (χ2n) is 3.96. The summed E-state index contributed by atoms with van der Waals surface area (Å²) in [4.78, 5) is 0. The Bertz CT molecular complexity index is 537. The van der Waals surface area contributed by atoms with Crippen LogP contribution in [0.3, 0.4) is 0 Å². The van der Waals surface area contributed by atoms with Crippen molar-refractivity contribution >= 4 is 21.6 Å². The van der Waals surface area contributed by atoms with Crippen molar-refractivity contribution in [2.24, 2.45) is 7.05 Å². The molecule has 5 heteroatoms. The molecule has 0 bridgehead atoms. The first-order valence-electron chi connectivity index (χ1n) is 5.23. The maximum Gasteiger partial charge on any atom is 0.137 e. The van der Waals surface area contributed by atoms with Gasteiger partial charge in [-0.3, -0.25) is 4.68 Å². The van der Waals surface area contributed by atoms with E-state index in [-0.39, 0.29) is 5.82 Å². The monoisotopic (exact) mass is 297 g/mol. The number of rotatable bonds is 3. The molecule has 0 saturated carbocycles. The highest BCUT2D eigenvalue weighted by molar-refractivity contribution is 9.10. The Morgan fingerprint density at radius 2 is 2.24 bits per heavy atom. The van der Waals surface area contributed by atoms with Gasteiger partial charge in [0, 0.05) is 31.0 Å². The molecule has 0 amide bonds. The van der Waals surface area contributed by atoms with Crippen LogP contribution < -0.4 is 5.32 Å². The molecule has 3 nitrogen and oxygen atoms in total. The Kier molecular flexibility index (Phi) is 3.47. The first-order chi connectivity index (χ1) is 8.06. The van der Waals surface area contributed by atoms with Gasteiger partial charge in [-0.05, 0) is 40.5 Å². The lowest BCUT2D eigenvalue weighted by Gasteiger charge is -2.09. The predicted molar refractivity (Wildman–Crippen MR) is 69.4 cm³/mol. The van der Waals surface area contributed by atoms with Crippen LogP contribution >= 0.6 is 15.9 Å². The van der Waals surface area contributed by atoms with E-state index in [1.165, 1.54) is 6.07 Å². The molecule has 0 radical (unpaired) electrons. The Morgan fingerprint density at radius 1 is 1.47 bits per heavy atom. The Morgan fingerprint density at radius 3 is 2.88 bits per heavy atom. The number of aromatic nitrogens is 2. The molecule has 2 aromatic rings. The van der Waals surface area contributed by atoms with E-state index in [1.807, 2.05) is 20.2 Å². The summed E-state index contributed by atoms with van der Waals surface area (Å²) in [5.41, 5.74) is 2.89. The van der Waals surface area contributed by atoms with Crippen LogP contribution in [0.2, 0.25) is 0 Å². The van der Waals surface area contributed by atoms with Crippen LogP contribution in [-0.4, -0.2) is 9.78 Å². The summed E-state index contributed by atoms with van der Waals surface area (Å²) in [6, 6.07) is 3.26. The van der Waals surface area contributed by atoms with Crippen molar-refractivity contribution in [3.05, 3.63) is 45.9 Å². The van der Waals surface area contributed by atoms with Gasteiger partial charge in [0.05, 0.1) is 10.7 Å². The van der Waals surface area contributed by atoms with E-state index in [0.29, 0.717) is 11.0 Å². The summed E-state index contributed by atoms with van der Waals surface area (Å²) in [5.74, 6) is -0.241. The molecule has 0 aliphatic heterocycles. The standard InChI is InChI=1S/C12H13BrFN3/c1-8-3-11(14)10(13)4-12(8)15-5-9-6-16-17(2)7-9/h3-4,6-7,15H,5H2,1-2H3. The number of halogens is 2. The van der Waals surface area contributed by atoms with Gasteiger partial charge in [-0.25, -0.2) is 4.39 Å². The molecule has 0 aliphatic rings. The lowest BCUT2D eigenvalue weighted by molar-refractivity contribution is 0.620. The summed E-state index contributed by atoms with van der Waals surface area (Å²) in [6.07, 6.45) is 3.75. The zero-order chi connectivity index (χ0) is 12.4. The van der Waals surface area contributed by atoms with Crippen LogP contribution in [-0.2, 0) is 13.6 Å². The lowest BCUT2D eigenvalue weighted by atomic mass is 10.2. The smallest absolute Gasteiger partial charge is 0.137 e. The van der Waals surface area contributed by atoms with Crippen molar-refractivity contribution in [3.63, 3.8) is 0 Å². The van der Waals surface area contributed by atoms with E-state index in [9.17, 15) is 4.39 Å². The topological polar surface area (TPSA) is 29.9 Å². The molecule has 0 spiro atoms. The van der Waals surface area contributed by atoms with E-state index in [0.717, 1.165) is 16.8 Å². The average Bonchev–Trinajstić information content (AvgIpc) is 2.68. The van der Waals surface area contributed by atoms with Gasteiger partial charge < -0.3 is 5.32 Å². The molecule has 1 N–H and O–H groups in total. The second kappa shape index (κ2) is 4.87. The van der Waals surface area contributed by atoms with Crippen LogP contribution in [0.25, 0.3) is 0 Å². The molecule has 1 aromatic heterocycles. The lowest BCUT2D eigenvalue weighted by Crippen LogP contribution is -2.01. The van der Waals surface area contributed by atoms with Crippen LogP contribution in [0.5, 0.6) is 0 Å². The molecule has 90 valence electrons. The third-order valence-corrected chi connectivity index (χ3v) is 3.12. The fourth-order valence-corrected chi connectivity index (χ4v) is 1.94. The summed E-state index contributed by atoms with van der Waals surface area (Å²) in [6.45, 7) is 2.55. The number of nitrogens with zero attached hydrogens (tertiary/aromatic N) is 2. The van der Waals surface area contributed by atoms with Crippen LogP contribution in [0.15, 0.2) is 29.0 Å². The Hall–Kier alpha value is -1.36. The molecule has 1 heterocycles. The highest BCUT2D eigenvalue weighted by Gasteiger charge is 2.05. The van der Waals surface area contributed by atoms with Gasteiger partial charge in [0.25, 0.3) is 0 Å². The minimum absolute atomic E-state index is 0.241. The SMILES string of the molecule is Cc1cc(F)c(Br)cc1NCc1cnn(C)c1. The molecule has 0 atom stereocenters. The minimum atomic E-state index is -0.241. The van der Waals surface area contributed by atoms with Crippen molar-refractivity contribution in [1.29, 1.82) is 0 Å². The third-order valence-electron chi connectivity index (χ3n) is 2.51. The molecule has 2 rings (SSSR count). The van der Waals surface area contributed by atoms with E-state index in [2.05, 4.69) is 26.3 Å². The van der Waals surface area contributed by atoms with Crippen LogP contribution in [0.1, 0.15) is 11.1 Å². The van der Waals surface area contributed by atoms with Crippen molar-refractivity contribution in [2.75, 3.05) is 5.32 Å². The number of anilines is 1. The first-order valence-corrected chi connectivity index (χ1v) is 6.02. The van der Waals surface area contributed by atoms with Gasteiger partial charge in [-0.15, -0.1) is 0 Å². The second-order valence-corrected chi connectivity index (χ2v) is 4.81.